The van der Waals surface area contributed by atoms with Crippen molar-refractivity contribution in [2.75, 3.05) is 0 Å². The highest BCUT2D eigenvalue weighted by Crippen LogP contribution is 2.40. The lowest BCUT2D eigenvalue weighted by molar-refractivity contribution is 0.668. The SMILES string of the molecule is c1ccc(-c2nc(-c3ccc4oc5ccc6ccc(-c7ccc8ccccc8c7)cc6c5c4c3)nc(-c3cccc4oc5ccccc5c34)n2)cc1. The first-order valence-electron chi connectivity index (χ1n) is 17.3. The number of furan rings is 2. The molecule has 0 N–H and O–H groups in total. The lowest BCUT2D eigenvalue weighted by Crippen LogP contribution is -2.00. The van der Waals surface area contributed by atoms with E-state index in [1.54, 1.807) is 0 Å². The molecule has 3 aromatic heterocycles. The van der Waals surface area contributed by atoms with E-state index in [0.717, 1.165) is 76.9 Å². The van der Waals surface area contributed by atoms with Gasteiger partial charge in [0, 0.05) is 38.2 Å². The molecule has 5 nitrogen and oxygen atoms in total. The maximum atomic E-state index is 6.46. The number of para-hydroxylation sites is 1. The largest absolute Gasteiger partial charge is 0.456 e. The Balaban J connectivity index is 1.12. The highest BCUT2D eigenvalue weighted by atomic mass is 16.3. The molecule has 0 saturated heterocycles. The van der Waals surface area contributed by atoms with Crippen LogP contribution in [-0.4, -0.2) is 15.0 Å². The Hall–Kier alpha value is -7.11. The van der Waals surface area contributed by atoms with E-state index in [9.17, 15) is 0 Å². The van der Waals surface area contributed by atoms with Crippen molar-refractivity contribution in [1.82, 2.24) is 15.0 Å². The fraction of sp³-hybridized carbons (Fsp3) is 0. The third-order valence-electron chi connectivity index (χ3n) is 10.1. The van der Waals surface area contributed by atoms with E-state index in [1.165, 1.54) is 16.3 Å². The average Bonchev–Trinajstić information content (AvgIpc) is 3.79. The molecule has 11 rings (SSSR count). The second-order valence-corrected chi connectivity index (χ2v) is 13.2. The Labute approximate surface area is 297 Å². The Morgan fingerprint density at radius 2 is 0.904 bits per heavy atom. The van der Waals surface area contributed by atoms with Crippen molar-refractivity contribution in [3.8, 4) is 45.3 Å². The summed E-state index contributed by atoms with van der Waals surface area (Å²) in [5.41, 5.74) is 8.31. The fourth-order valence-electron chi connectivity index (χ4n) is 7.59. The first-order chi connectivity index (χ1) is 25.7. The van der Waals surface area contributed by atoms with Crippen LogP contribution >= 0.6 is 0 Å². The van der Waals surface area contributed by atoms with E-state index in [1.807, 2.05) is 72.8 Å². The molecule has 52 heavy (non-hydrogen) atoms. The van der Waals surface area contributed by atoms with Crippen molar-refractivity contribution in [3.05, 3.63) is 164 Å². The summed E-state index contributed by atoms with van der Waals surface area (Å²) >= 11 is 0. The lowest BCUT2D eigenvalue weighted by Gasteiger charge is -2.09. The Morgan fingerprint density at radius 3 is 1.79 bits per heavy atom. The summed E-state index contributed by atoms with van der Waals surface area (Å²) in [5, 5.41) is 8.84. The normalized spacial score (nSPS) is 11.8. The third-order valence-corrected chi connectivity index (χ3v) is 10.1. The van der Waals surface area contributed by atoms with Gasteiger partial charge in [-0.05, 0) is 81.2 Å². The zero-order valence-electron chi connectivity index (χ0n) is 27.7. The van der Waals surface area contributed by atoms with Gasteiger partial charge in [0.2, 0.25) is 0 Å². The van der Waals surface area contributed by atoms with Gasteiger partial charge in [0.25, 0.3) is 0 Å². The predicted molar refractivity (Wildman–Crippen MR) is 211 cm³/mol. The van der Waals surface area contributed by atoms with E-state index in [4.69, 9.17) is 23.8 Å². The number of hydrogen-bond donors (Lipinski definition) is 0. The molecule has 5 heteroatoms. The highest BCUT2D eigenvalue weighted by Gasteiger charge is 2.19. The maximum Gasteiger partial charge on any atom is 0.164 e. The predicted octanol–water partition coefficient (Wildman–Crippen LogP) is 12.6. The summed E-state index contributed by atoms with van der Waals surface area (Å²) in [7, 11) is 0. The first-order valence-corrected chi connectivity index (χ1v) is 17.3. The molecule has 11 aromatic rings. The summed E-state index contributed by atoms with van der Waals surface area (Å²) in [5.74, 6) is 1.78. The molecule has 0 saturated carbocycles. The van der Waals surface area contributed by atoms with E-state index >= 15 is 0 Å². The molecule has 0 radical (unpaired) electrons. The smallest absolute Gasteiger partial charge is 0.164 e. The van der Waals surface area contributed by atoms with Gasteiger partial charge in [0.1, 0.15) is 22.3 Å². The van der Waals surface area contributed by atoms with Crippen molar-refractivity contribution < 1.29 is 8.83 Å². The molecule has 0 fully saturated rings. The van der Waals surface area contributed by atoms with Gasteiger partial charge in [0.15, 0.2) is 17.5 Å². The molecular formula is C47H27N3O2. The van der Waals surface area contributed by atoms with Crippen molar-refractivity contribution in [2.45, 2.75) is 0 Å². The Kier molecular flexibility index (Phi) is 6.18. The standard InChI is InChI=1S/C47H27N3O2/c1-2-10-30(11-3-1)45-48-46(50-47(49-45)36-14-8-16-41-43(36)35-13-6-7-15-39(35)51-41)34-22-23-40-38(27-34)44-37-26-33(20-18-29(37)21-24-42(44)52-40)32-19-17-28-9-4-5-12-31(28)25-32/h1-27H. The minimum Gasteiger partial charge on any atom is -0.456 e. The van der Waals surface area contributed by atoms with Gasteiger partial charge in [-0.2, -0.15) is 0 Å². The van der Waals surface area contributed by atoms with Gasteiger partial charge in [-0.15, -0.1) is 0 Å². The molecular weight excluding hydrogens is 639 g/mol. The van der Waals surface area contributed by atoms with Crippen LogP contribution in [0.15, 0.2) is 173 Å². The minimum absolute atomic E-state index is 0.585. The average molecular weight is 666 g/mol. The van der Waals surface area contributed by atoms with Gasteiger partial charge in [-0.1, -0.05) is 115 Å². The van der Waals surface area contributed by atoms with Crippen LogP contribution in [-0.2, 0) is 0 Å². The van der Waals surface area contributed by atoms with Crippen LogP contribution in [0.4, 0.5) is 0 Å². The number of rotatable bonds is 4. The van der Waals surface area contributed by atoms with Crippen molar-refractivity contribution in [2.24, 2.45) is 0 Å². The van der Waals surface area contributed by atoms with Crippen LogP contribution in [0, 0.1) is 0 Å². The van der Waals surface area contributed by atoms with Crippen LogP contribution in [0.5, 0.6) is 0 Å². The topological polar surface area (TPSA) is 65.0 Å². The van der Waals surface area contributed by atoms with E-state index in [-0.39, 0.29) is 0 Å². The quantitative estimate of drug-likeness (QED) is 0.187. The van der Waals surface area contributed by atoms with Crippen LogP contribution in [0.2, 0.25) is 0 Å². The van der Waals surface area contributed by atoms with Crippen LogP contribution in [0.1, 0.15) is 0 Å². The molecule has 0 aliphatic heterocycles. The van der Waals surface area contributed by atoms with Gasteiger partial charge in [-0.3, -0.25) is 0 Å². The van der Waals surface area contributed by atoms with Crippen molar-refractivity contribution in [1.29, 1.82) is 0 Å². The molecule has 0 amide bonds. The number of nitrogens with zero attached hydrogens (tertiary/aromatic N) is 3. The summed E-state index contributed by atoms with van der Waals surface area (Å²) in [6.45, 7) is 0. The Bertz CT molecular complexity index is 3190. The van der Waals surface area contributed by atoms with Crippen LogP contribution in [0.25, 0.3) is 111 Å². The maximum absolute atomic E-state index is 6.46. The summed E-state index contributed by atoms with van der Waals surface area (Å²) in [4.78, 5) is 15.3. The number of hydrogen-bond acceptors (Lipinski definition) is 5. The molecule has 0 bridgehead atoms. The molecule has 0 atom stereocenters. The van der Waals surface area contributed by atoms with Gasteiger partial charge >= 0.3 is 0 Å². The fourth-order valence-corrected chi connectivity index (χ4v) is 7.59. The number of benzene rings is 8. The number of fused-ring (bicyclic) bond motifs is 9. The molecule has 0 spiro atoms. The van der Waals surface area contributed by atoms with Gasteiger partial charge in [0.05, 0.1) is 0 Å². The highest BCUT2D eigenvalue weighted by molar-refractivity contribution is 6.20. The van der Waals surface area contributed by atoms with Crippen molar-refractivity contribution >= 4 is 65.4 Å². The minimum atomic E-state index is 0.585. The molecule has 0 aliphatic carbocycles. The summed E-state index contributed by atoms with van der Waals surface area (Å²) < 4.78 is 12.7. The van der Waals surface area contributed by atoms with Crippen molar-refractivity contribution in [3.63, 3.8) is 0 Å². The van der Waals surface area contributed by atoms with E-state index < -0.39 is 0 Å². The number of aromatic nitrogens is 3. The summed E-state index contributed by atoms with van der Waals surface area (Å²) in [6.07, 6.45) is 0. The zero-order valence-corrected chi connectivity index (χ0v) is 27.7. The Morgan fingerprint density at radius 1 is 0.308 bits per heavy atom. The first kappa shape index (κ1) is 28.7. The van der Waals surface area contributed by atoms with Gasteiger partial charge in [-0.25, -0.2) is 15.0 Å². The second-order valence-electron chi connectivity index (χ2n) is 13.2. The third kappa shape index (κ3) is 4.53. The van der Waals surface area contributed by atoms with Gasteiger partial charge < -0.3 is 8.83 Å². The molecule has 8 aromatic carbocycles. The van der Waals surface area contributed by atoms with Crippen LogP contribution < -0.4 is 0 Å². The molecule has 3 heterocycles. The molecule has 242 valence electrons. The lowest BCUT2D eigenvalue weighted by atomic mass is 9.96. The monoisotopic (exact) mass is 665 g/mol. The zero-order chi connectivity index (χ0) is 34.2. The van der Waals surface area contributed by atoms with Crippen LogP contribution in [0.3, 0.4) is 0 Å². The van der Waals surface area contributed by atoms with E-state index in [2.05, 4.69) is 91.0 Å². The molecule has 0 unspecified atom stereocenters. The van der Waals surface area contributed by atoms with E-state index in [0.29, 0.717) is 17.5 Å². The molecule has 0 aliphatic rings. The summed E-state index contributed by atoms with van der Waals surface area (Å²) in [6, 6.07) is 56.4. The second kappa shape index (κ2) is 11.2.